The molecule has 164 valence electrons. The molecule has 1 aromatic heterocycles. The molecule has 3 aromatic rings. The predicted octanol–water partition coefficient (Wildman–Crippen LogP) is 5.73. The predicted molar refractivity (Wildman–Crippen MR) is 127 cm³/mol. The molecule has 1 fully saturated rings. The van der Waals surface area contributed by atoms with Crippen molar-refractivity contribution in [2.75, 3.05) is 18.0 Å². The minimum absolute atomic E-state index is 0.112. The zero-order chi connectivity index (χ0) is 22.5. The van der Waals surface area contributed by atoms with Crippen LogP contribution in [0.5, 0.6) is 5.75 Å². The first kappa shape index (κ1) is 21.0. The van der Waals surface area contributed by atoms with Gasteiger partial charge < -0.3 is 9.64 Å². The quantitative estimate of drug-likeness (QED) is 0.502. The molecular weight excluding hydrogens is 422 g/mol. The molecule has 5 nitrogen and oxygen atoms in total. The van der Waals surface area contributed by atoms with Crippen molar-refractivity contribution >= 4 is 23.2 Å². The van der Waals surface area contributed by atoms with Gasteiger partial charge in [-0.15, -0.1) is 0 Å². The van der Waals surface area contributed by atoms with Gasteiger partial charge in [-0.3, -0.25) is 4.79 Å². The summed E-state index contributed by atoms with van der Waals surface area (Å²) >= 11 is 6.23. The van der Waals surface area contributed by atoms with E-state index in [4.69, 9.17) is 21.3 Å². The molecule has 0 saturated carbocycles. The van der Waals surface area contributed by atoms with Crippen molar-refractivity contribution in [1.82, 2.24) is 9.97 Å². The Morgan fingerprint density at radius 2 is 1.72 bits per heavy atom. The molecular formula is C26H26ClN3O2. The second-order valence-corrected chi connectivity index (χ2v) is 9.40. The minimum atomic E-state index is -0.456. The third kappa shape index (κ3) is 3.86. The lowest BCUT2D eigenvalue weighted by atomic mass is 9.82. The fraction of sp³-hybridized carbons (Fsp3) is 0.346. The van der Waals surface area contributed by atoms with E-state index in [1.807, 2.05) is 19.9 Å². The maximum Gasteiger partial charge on any atom is 0.170 e. The van der Waals surface area contributed by atoms with E-state index in [2.05, 4.69) is 47.1 Å². The second kappa shape index (κ2) is 7.89. The highest BCUT2D eigenvalue weighted by atomic mass is 35.5. The molecule has 32 heavy (non-hydrogen) atoms. The highest BCUT2D eigenvalue weighted by molar-refractivity contribution is 6.31. The highest BCUT2D eigenvalue weighted by Gasteiger charge is 2.43. The molecule has 1 spiro atoms. The van der Waals surface area contributed by atoms with Gasteiger partial charge in [0.15, 0.2) is 5.78 Å². The molecule has 1 saturated heterocycles. The number of benzene rings is 2. The molecule has 0 unspecified atom stereocenters. The van der Waals surface area contributed by atoms with Gasteiger partial charge in [-0.2, -0.15) is 0 Å². The number of carbonyl (C=O) groups excluding carboxylic acids is 1. The first-order valence-electron chi connectivity index (χ1n) is 11.0. The van der Waals surface area contributed by atoms with Crippen LogP contribution in [0.4, 0.5) is 5.82 Å². The summed E-state index contributed by atoms with van der Waals surface area (Å²) in [6.07, 6.45) is 1.93. The van der Waals surface area contributed by atoms with Crippen LogP contribution in [0.2, 0.25) is 5.02 Å². The van der Waals surface area contributed by atoms with Crippen LogP contribution >= 0.6 is 11.6 Å². The molecule has 0 atom stereocenters. The number of aryl methyl sites for hydroxylation is 3. The van der Waals surface area contributed by atoms with Crippen molar-refractivity contribution in [3.8, 4) is 17.0 Å². The van der Waals surface area contributed by atoms with Crippen LogP contribution in [-0.4, -0.2) is 34.4 Å². The maximum absolute atomic E-state index is 12.9. The number of ketones is 1. The van der Waals surface area contributed by atoms with Crippen molar-refractivity contribution in [3.63, 3.8) is 0 Å². The summed E-state index contributed by atoms with van der Waals surface area (Å²) in [5.41, 5.74) is 4.31. The van der Waals surface area contributed by atoms with Crippen LogP contribution in [0.3, 0.4) is 0 Å². The second-order valence-electron chi connectivity index (χ2n) is 8.99. The number of fused-ring (bicyclic) bond motifs is 1. The molecule has 3 heterocycles. The van der Waals surface area contributed by atoms with Gasteiger partial charge in [0.2, 0.25) is 0 Å². The number of anilines is 1. The van der Waals surface area contributed by atoms with Crippen LogP contribution in [0, 0.1) is 20.8 Å². The van der Waals surface area contributed by atoms with Crippen LogP contribution in [-0.2, 0) is 0 Å². The van der Waals surface area contributed by atoms with Gasteiger partial charge in [0.1, 0.15) is 23.0 Å². The van der Waals surface area contributed by atoms with E-state index in [-0.39, 0.29) is 5.78 Å². The average Bonchev–Trinajstić information content (AvgIpc) is 2.76. The third-order valence-electron chi connectivity index (χ3n) is 6.54. The molecule has 0 bridgehead atoms. The number of halogens is 1. The minimum Gasteiger partial charge on any atom is -0.486 e. The van der Waals surface area contributed by atoms with Crippen molar-refractivity contribution < 1.29 is 9.53 Å². The van der Waals surface area contributed by atoms with E-state index in [0.717, 1.165) is 54.4 Å². The summed E-state index contributed by atoms with van der Waals surface area (Å²) in [5, 5.41) is 0.606. The van der Waals surface area contributed by atoms with Gasteiger partial charge >= 0.3 is 0 Å². The Labute approximate surface area is 193 Å². The van der Waals surface area contributed by atoms with E-state index < -0.39 is 5.60 Å². The van der Waals surface area contributed by atoms with Crippen molar-refractivity contribution in [3.05, 3.63) is 70.0 Å². The lowest BCUT2D eigenvalue weighted by Crippen LogP contribution is -2.51. The maximum atomic E-state index is 12.9. The van der Waals surface area contributed by atoms with Gasteiger partial charge in [0.25, 0.3) is 0 Å². The fourth-order valence-corrected chi connectivity index (χ4v) is 4.79. The molecule has 5 rings (SSSR count). The Morgan fingerprint density at radius 3 is 2.44 bits per heavy atom. The summed E-state index contributed by atoms with van der Waals surface area (Å²) < 4.78 is 6.44. The Hall–Kier alpha value is -2.92. The van der Waals surface area contributed by atoms with E-state index in [1.54, 1.807) is 6.07 Å². The van der Waals surface area contributed by atoms with Gasteiger partial charge in [0.05, 0.1) is 17.7 Å². The zero-order valence-corrected chi connectivity index (χ0v) is 19.4. The average molecular weight is 448 g/mol. The topological polar surface area (TPSA) is 55.3 Å². The first-order chi connectivity index (χ1) is 15.3. The van der Waals surface area contributed by atoms with Gasteiger partial charge in [-0.25, -0.2) is 9.97 Å². The standard InChI is InChI=1S/C26H26ClN3O2/c1-16-4-6-19(7-5-16)22-14-25(29-18(3)28-22)30-10-8-26(9-11-30)15-23(31)20-13-21(27)17(2)12-24(20)32-26/h4-7,12-14H,8-11,15H2,1-3H3. The fourth-order valence-electron chi connectivity index (χ4n) is 4.62. The highest BCUT2D eigenvalue weighted by Crippen LogP contribution is 2.41. The largest absolute Gasteiger partial charge is 0.486 e. The summed E-state index contributed by atoms with van der Waals surface area (Å²) in [7, 11) is 0. The zero-order valence-electron chi connectivity index (χ0n) is 18.6. The van der Waals surface area contributed by atoms with Crippen molar-refractivity contribution in [2.24, 2.45) is 0 Å². The number of hydrogen-bond acceptors (Lipinski definition) is 5. The van der Waals surface area contributed by atoms with Gasteiger partial charge in [-0.1, -0.05) is 41.4 Å². The Balaban J connectivity index is 1.36. The smallest absolute Gasteiger partial charge is 0.170 e. The number of aromatic nitrogens is 2. The van der Waals surface area contributed by atoms with Gasteiger partial charge in [0, 0.05) is 42.6 Å². The molecule has 6 heteroatoms. The number of ether oxygens (including phenoxy) is 1. The number of nitrogens with zero attached hydrogens (tertiary/aromatic N) is 3. The SMILES string of the molecule is Cc1ccc(-c2cc(N3CCC4(CC3)CC(=O)c3cc(Cl)c(C)cc3O4)nc(C)n2)cc1. The van der Waals surface area contributed by atoms with Crippen molar-refractivity contribution in [2.45, 2.75) is 45.6 Å². The van der Waals surface area contributed by atoms with Crippen molar-refractivity contribution in [1.29, 1.82) is 0 Å². The van der Waals surface area contributed by atoms with E-state index >= 15 is 0 Å². The van der Waals surface area contributed by atoms with Crippen LogP contribution in [0.25, 0.3) is 11.3 Å². The molecule has 2 aromatic carbocycles. The number of piperidine rings is 1. The van der Waals surface area contributed by atoms with E-state index in [1.165, 1.54) is 5.56 Å². The molecule has 0 aliphatic carbocycles. The van der Waals surface area contributed by atoms with E-state index in [0.29, 0.717) is 22.8 Å². The summed E-state index contributed by atoms with van der Waals surface area (Å²) in [4.78, 5) is 24.5. The molecule has 0 amide bonds. The van der Waals surface area contributed by atoms with Gasteiger partial charge in [-0.05, 0) is 38.5 Å². The summed E-state index contributed by atoms with van der Waals surface area (Å²) in [6, 6.07) is 14.1. The summed E-state index contributed by atoms with van der Waals surface area (Å²) in [5.74, 6) is 2.45. The number of hydrogen-bond donors (Lipinski definition) is 0. The Bertz CT molecular complexity index is 1200. The van der Waals surface area contributed by atoms with Crippen LogP contribution in [0.1, 0.15) is 46.6 Å². The lowest BCUT2D eigenvalue weighted by molar-refractivity contribution is 0.0231. The van der Waals surface area contributed by atoms with Crippen LogP contribution < -0.4 is 9.64 Å². The first-order valence-corrected chi connectivity index (χ1v) is 11.4. The number of Topliss-reactive ketones (excluding diaryl/α,β-unsaturated/α-hetero) is 1. The number of rotatable bonds is 2. The molecule has 0 N–H and O–H groups in total. The third-order valence-corrected chi connectivity index (χ3v) is 6.95. The molecule has 2 aliphatic heterocycles. The van der Waals surface area contributed by atoms with Crippen LogP contribution in [0.15, 0.2) is 42.5 Å². The number of carbonyl (C=O) groups is 1. The summed E-state index contributed by atoms with van der Waals surface area (Å²) in [6.45, 7) is 7.50. The monoisotopic (exact) mass is 447 g/mol. The van der Waals surface area contributed by atoms with E-state index in [9.17, 15) is 4.79 Å². The Morgan fingerprint density at radius 1 is 1.00 bits per heavy atom. The molecule has 2 aliphatic rings. The lowest BCUT2D eigenvalue weighted by Gasteiger charge is -2.44. The Kier molecular flexibility index (Phi) is 5.17. The normalized spacial score (nSPS) is 17.2. The molecule has 0 radical (unpaired) electrons.